The summed E-state index contributed by atoms with van der Waals surface area (Å²) in [4.78, 5) is 16.2. The van der Waals surface area contributed by atoms with Gasteiger partial charge in [0, 0.05) is 24.9 Å². The summed E-state index contributed by atoms with van der Waals surface area (Å²) in [6.07, 6.45) is 10.3. The molecule has 2 aromatic rings. The van der Waals surface area contributed by atoms with E-state index in [9.17, 15) is 4.79 Å². The predicted octanol–water partition coefficient (Wildman–Crippen LogP) is 4.93. The van der Waals surface area contributed by atoms with Crippen LogP contribution in [0.5, 0.6) is 5.75 Å². The molecule has 0 atom stereocenters. The van der Waals surface area contributed by atoms with E-state index >= 15 is 0 Å². The van der Waals surface area contributed by atoms with Gasteiger partial charge >= 0.3 is 0 Å². The van der Waals surface area contributed by atoms with Crippen LogP contribution in [0.15, 0.2) is 28.8 Å². The average molecular weight is 388 g/mol. The third-order valence-corrected chi connectivity index (χ3v) is 4.71. The van der Waals surface area contributed by atoms with Crippen molar-refractivity contribution in [2.75, 3.05) is 13.7 Å². The third kappa shape index (κ3) is 8.11. The van der Waals surface area contributed by atoms with Crippen LogP contribution in [0.2, 0.25) is 0 Å². The van der Waals surface area contributed by atoms with E-state index in [-0.39, 0.29) is 5.91 Å². The molecular weight excluding hydrogens is 354 g/mol. The number of carbonyl (C=O) groups excluding carboxylic acids is 1. The lowest BCUT2D eigenvalue weighted by atomic mass is 10.1. The number of amides is 1. The zero-order valence-electron chi connectivity index (χ0n) is 17.2. The predicted molar refractivity (Wildman–Crippen MR) is 110 cm³/mol. The van der Waals surface area contributed by atoms with Gasteiger partial charge in [0.05, 0.1) is 7.11 Å². The van der Waals surface area contributed by atoms with Crippen molar-refractivity contribution in [3.63, 3.8) is 0 Å². The number of rotatable bonds is 14. The quantitative estimate of drug-likeness (QED) is 0.465. The van der Waals surface area contributed by atoms with Gasteiger partial charge < -0.3 is 14.6 Å². The molecule has 0 spiro atoms. The Kier molecular flexibility index (Phi) is 10.1. The Balaban J connectivity index is 1.55. The van der Waals surface area contributed by atoms with Crippen LogP contribution >= 0.6 is 0 Å². The number of hydrogen-bond donors (Lipinski definition) is 1. The van der Waals surface area contributed by atoms with Gasteiger partial charge in [-0.25, -0.2) is 0 Å². The lowest BCUT2D eigenvalue weighted by Crippen LogP contribution is -2.23. The average Bonchev–Trinajstić information content (AvgIpc) is 3.19. The highest BCUT2D eigenvalue weighted by atomic mass is 16.5. The van der Waals surface area contributed by atoms with Gasteiger partial charge in [-0.3, -0.25) is 4.79 Å². The van der Waals surface area contributed by atoms with E-state index in [1.807, 2.05) is 24.3 Å². The Hall–Kier alpha value is -2.37. The fraction of sp³-hybridized carbons (Fsp3) is 0.591. The first-order valence-electron chi connectivity index (χ1n) is 10.5. The Labute approximate surface area is 168 Å². The molecule has 28 heavy (non-hydrogen) atoms. The number of nitrogens with zero attached hydrogens (tertiary/aromatic N) is 2. The number of hydrogen-bond acceptors (Lipinski definition) is 5. The third-order valence-electron chi connectivity index (χ3n) is 4.71. The fourth-order valence-electron chi connectivity index (χ4n) is 3.00. The summed E-state index contributed by atoms with van der Waals surface area (Å²) in [5, 5.41) is 7.05. The van der Waals surface area contributed by atoms with Crippen LogP contribution in [0.3, 0.4) is 0 Å². The summed E-state index contributed by atoms with van der Waals surface area (Å²) >= 11 is 0. The van der Waals surface area contributed by atoms with Crippen LogP contribution in [0.25, 0.3) is 11.4 Å². The maximum atomic E-state index is 11.8. The van der Waals surface area contributed by atoms with Gasteiger partial charge in [-0.1, -0.05) is 44.2 Å². The summed E-state index contributed by atoms with van der Waals surface area (Å²) in [5.41, 5.74) is 0.910. The van der Waals surface area contributed by atoms with E-state index in [0.29, 0.717) is 18.1 Å². The molecule has 0 bridgehead atoms. The topological polar surface area (TPSA) is 77.2 Å². The molecule has 0 saturated heterocycles. The number of carbonyl (C=O) groups is 1. The molecule has 2 rings (SSSR count). The van der Waals surface area contributed by atoms with Crippen molar-refractivity contribution in [3.05, 3.63) is 30.2 Å². The number of aromatic nitrogens is 2. The van der Waals surface area contributed by atoms with Crippen LogP contribution in [0, 0.1) is 0 Å². The molecule has 0 aliphatic rings. The molecule has 154 valence electrons. The van der Waals surface area contributed by atoms with Crippen LogP contribution in [0.4, 0.5) is 0 Å². The number of aryl methyl sites for hydroxylation is 1. The molecular formula is C22H33N3O3. The highest BCUT2D eigenvalue weighted by molar-refractivity contribution is 5.75. The Morgan fingerprint density at radius 1 is 1.04 bits per heavy atom. The van der Waals surface area contributed by atoms with Crippen molar-refractivity contribution >= 4 is 5.91 Å². The molecule has 0 aliphatic carbocycles. The monoisotopic (exact) mass is 387 g/mol. The minimum absolute atomic E-state index is 0.178. The molecule has 1 amide bonds. The Morgan fingerprint density at radius 2 is 1.79 bits per heavy atom. The fourth-order valence-corrected chi connectivity index (χ4v) is 3.00. The minimum Gasteiger partial charge on any atom is -0.497 e. The smallest absolute Gasteiger partial charge is 0.226 e. The zero-order valence-corrected chi connectivity index (χ0v) is 17.2. The molecule has 1 N–H and O–H groups in total. The van der Waals surface area contributed by atoms with Crippen molar-refractivity contribution in [3.8, 4) is 17.1 Å². The first kappa shape index (κ1) is 21.9. The van der Waals surface area contributed by atoms with E-state index in [2.05, 4.69) is 22.4 Å². The first-order chi connectivity index (χ1) is 13.7. The molecule has 0 unspecified atom stereocenters. The lowest BCUT2D eigenvalue weighted by Gasteiger charge is -2.04. The Bertz CT molecular complexity index is 683. The maximum Gasteiger partial charge on any atom is 0.226 e. The van der Waals surface area contributed by atoms with E-state index in [0.717, 1.165) is 56.4 Å². The van der Waals surface area contributed by atoms with Crippen molar-refractivity contribution < 1.29 is 14.1 Å². The van der Waals surface area contributed by atoms with Crippen LogP contribution in [0.1, 0.15) is 70.6 Å². The second-order valence-electron chi connectivity index (χ2n) is 7.07. The molecule has 6 nitrogen and oxygen atoms in total. The summed E-state index contributed by atoms with van der Waals surface area (Å²) < 4.78 is 10.5. The highest BCUT2D eigenvalue weighted by Crippen LogP contribution is 2.20. The molecule has 0 saturated carbocycles. The van der Waals surface area contributed by atoms with Crippen molar-refractivity contribution in [1.82, 2.24) is 15.5 Å². The number of unbranched alkanes of at least 4 members (excludes halogenated alkanes) is 6. The highest BCUT2D eigenvalue weighted by Gasteiger charge is 2.08. The van der Waals surface area contributed by atoms with Gasteiger partial charge in [0.2, 0.25) is 17.6 Å². The summed E-state index contributed by atoms with van der Waals surface area (Å²) in [6, 6.07) is 7.59. The summed E-state index contributed by atoms with van der Waals surface area (Å²) in [5.74, 6) is 2.24. The van der Waals surface area contributed by atoms with Crippen LogP contribution < -0.4 is 10.1 Å². The SMILES string of the molecule is CCCCCCCC(=O)NCCCCCc1nc(-c2ccc(OC)cc2)no1. The lowest BCUT2D eigenvalue weighted by molar-refractivity contribution is -0.121. The van der Waals surface area contributed by atoms with Crippen LogP contribution in [-0.2, 0) is 11.2 Å². The number of methoxy groups -OCH3 is 1. The summed E-state index contributed by atoms with van der Waals surface area (Å²) in [7, 11) is 1.64. The second-order valence-corrected chi connectivity index (χ2v) is 7.07. The van der Waals surface area contributed by atoms with Crippen molar-refractivity contribution in [2.45, 2.75) is 71.1 Å². The van der Waals surface area contributed by atoms with E-state index in [4.69, 9.17) is 9.26 Å². The zero-order chi connectivity index (χ0) is 20.0. The molecule has 0 aliphatic heterocycles. The molecule has 0 radical (unpaired) electrons. The molecule has 1 aromatic heterocycles. The molecule has 1 aromatic carbocycles. The number of ether oxygens (including phenoxy) is 1. The van der Waals surface area contributed by atoms with Crippen molar-refractivity contribution in [2.24, 2.45) is 0 Å². The van der Waals surface area contributed by atoms with Gasteiger partial charge in [-0.15, -0.1) is 0 Å². The van der Waals surface area contributed by atoms with Gasteiger partial charge in [-0.05, 0) is 43.5 Å². The van der Waals surface area contributed by atoms with Gasteiger partial charge in [0.1, 0.15) is 5.75 Å². The minimum atomic E-state index is 0.178. The van der Waals surface area contributed by atoms with Crippen LogP contribution in [-0.4, -0.2) is 29.7 Å². The van der Waals surface area contributed by atoms with E-state index < -0.39 is 0 Å². The van der Waals surface area contributed by atoms with E-state index in [1.54, 1.807) is 7.11 Å². The molecule has 6 heteroatoms. The first-order valence-corrected chi connectivity index (χ1v) is 10.5. The van der Waals surface area contributed by atoms with Gasteiger partial charge in [0.15, 0.2) is 0 Å². The molecule has 1 heterocycles. The maximum absolute atomic E-state index is 11.8. The number of nitrogens with one attached hydrogen (secondary N) is 1. The van der Waals surface area contributed by atoms with E-state index in [1.165, 1.54) is 19.3 Å². The summed E-state index contributed by atoms with van der Waals surface area (Å²) in [6.45, 7) is 2.94. The standard InChI is InChI=1S/C22H33N3O3/c1-3-4-5-6-8-11-20(26)23-17-10-7-9-12-21-24-22(25-28-21)18-13-15-19(27-2)16-14-18/h13-16H,3-12,17H2,1-2H3,(H,23,26). The van der Waals surface area contributed by atoms with Gasteiger partial charge in [-0.2, -0.15) is 4.98 Å². The second kappa shape index (κ2) is 12.9. The molecule has 0 fully saturated rings. The normalized spacial score (nSPS) is 10.8. The van der Waals surface area contributed by atoms with Crippen molar-refractivity contribution in [1.29, 1.82) is 0 Å². The largest absolute Gasteiger partial charge is 0.497 e. The number of benzene rings is 1. The Morgan fingerprint density at radius 3 is 2.54 bits per heavy atom. The van der Waals surface area contributed by atoms with Gasteiger partial charge in [0.25, 0.3) is 0 Å².